The first-order chi connectivity index (χ1) is 16.6. The second-order valence-electron chi connectivity index (χ2n) is 8.84. The van der Waals surface area contributed by atoms with Gasteiger partial charge in [0.2, 0.25) is 0 Å². The Bertz CT molecular complexity index is 1260. The van der Waals surface area contributed by atoms with Crippen molar-refractivity contribution in [2.45, 2.75) is 37.3 Å². The van der Waals surface area contributed by atoms with Crippen LogP contribution in [0.4, 0.5) is 11.4 Å². The molecule has 8 nitrogen and oxygen atoms in total. The van der Waals surface area contributed by atoms with Crippen LogP contribution in [0.25, 0.3) is 11.3 Å². The van der Waals surface area contributed by atoms with E-state index in [2.05, 4.69) is 20.6 Å². The van der Waals surface area contributed by atoms with Crippen LogP contribution in [-0.2, 0) is 4.74 Å². The number of rotatable bonds is 7. The molecule has 3 atom stereocenters. The Morgan fingerprint density at radius 1 is 1.26 bits per heavy atom. The number of carbonyl (C=O) groups excluding carboxylic acids is 1. The van der Waals surface area contributed by atoms with Gasteiger partial charge >= 0.3 is 0 Å². The molecule has 2 aromatic heterocycles. The number of hydrogen-bond acceptors (Lipinski definition) is 6. The number of pyridine rings is 1. The van der Waals surface area contributed by atoms with E-state index in [9.17, 15) is 4.79 Å². The molecule has 176 valence electrons. The van der Waals surface area contributed by atoms with Gasteiger partial charge in [-0.25, -0.2) is 0 Å². The lowest BCUT2D eigenvalue weighted by atomic mass is 9.74. The Labute approximate surface area is 202 Å². The van der Waals surface area contributed by atoms with Crippen LogP contribution in [0.5, 0.6) is 11.5 Å². The number of aromatic nitrogens is 2. The van der Waals surface area contributed by atoms with Gasteiger partial charge < -0.3 is 29.8 Å². The zero-order chi connectivity index (χ0) is 23.2. The summed E-state index contributed by atoms with van der Waals surface area (Å²) >= 11 is 6.37. The summed E-state index contributed by atoms with van der Waals surface area (Å²) in [6.07, 6.45) is 6.51. The lowest BCUT2D eigenvalue weighted by molar-refractivity contribution is -0.0720. The summed E-state index contributed by atoms with van der Waals surface area (Å²) in [4.78, 5) is 21.0. The van der Waals surface area contributed by atoms with E-state index < -0.39 is 0 Å². The predicted octanol–water partition coefficient (Wildman–Crippen LogP) is 4.64. The highest BCUT2D eigenvalue weighted by Gasteiger charge is 2.43. The van der Waals surface area contributed by atoms with E-state index in [1.54, 1.807) is 25.6 Å². The van der Waals surface area contributed by atoms with Gasteiger partial charge in [0.25, 0.3) is 5.91 Å². The summed E-state index contributed by atoms with van der Waals surface area (Å²) in [5, 5.41) is 7.08. The van der Waals surface area contributed by atoms with Gasteiger partial charge in [-0.05, 0) is 31.0 Å². The number of anilines is 2. The van der Waals surface area contributed by atoms with Gasteiger partial charge in [0.15, 0.2) is 5.75 Å². The van der Waals surface area contributed by atoms with Gasteiger partial charge in [0.05, 0.1) is 47.1 Å². The van der Waals surface area contributed by atoms with E-state index in [0.717, 1.165) is 42.8 Å². The summed E-state index contributed by atoms with van der Waals surface area (Å²) in [5.41, 5.74) is 4.47. The lowest BCUT2D eigenvalue weighted by Gasteiger charge is -2.40. The van der Waals surface area contributed by atoms with E-state index in [-0.39, 0.29) is 24.0 Å². The van der Waals surface area contributed by atoms with Crippen molar-refractivity contribution < 1.29 is 19.0 Å². The molecule has 1 saturated heterocycles. The van der Waals surface area contributed by atoms with Crippen LogP contribution in [-0.4, -0.2) is 48.3 Å². The zero-order valence-corrected chi connectivity index (χ0v) is 19.4. The Morgan fingerprint density at radius 3 is 2.88 bits per heavy atom. The van der Waals surface area contributed by atoms with Gasteiger partial charge in [0.1, 0.15) is 12.4 Å². The maximum absolute atomic E-state index is 13.2. The van der Waals surface area contributed by atoms with Crippen LogP contribution in [0, 0.1) is 0 Å². The number of nitrogens with zero attached hydrogens (tertiary/aromatic N) is 1. The highest BCUT2D eigenvalue weighted by Crippen LogP contribution is 2.49. The quantitative estimate of drug-likeness (QED) is 0.456. The molecule has 3 aromatic rings. The number of benzene rings is 1. The number of H-pyrrole nitrogens is 1. The summed E-state index contributed by atoms with van der Waals surface area (Å²) in [7, 11) is 1.57. The Hall–Kier alpha value is -3.23. The molecule has 0 bridgehead atoms. The van der Waals surface area contributed by atoms with Crippen molar-refractivity contribution >= 4 is 28.9 Å². The Balaban J connectivity index is 1.47. The number of hydrogen-bond donors (Lipinski definition) is 3. The normalized spacial score (nSPS) is 22.5. The van der Waals surface area contributed by atoms with Gasteiger partial charge in [0, 0.05) is 42.4 Å². The van der Waals surface area contributed by atoms with Crippen molar-refractivity contribution in [1.29, 1.82) is 0 Å². The van der Waals surface area contributed by atoms with Crippen molar-refractivity contribution in [3.05, 3.63) is 52.9 Å². The van der Waals surface area contributed by atoms with Crippen molar-refractivity contribution in [2.75, 3.05) is 25.6 Å². The molecular weight excluding hydrogens is 456 g/mol. The van der Waals surface area contributed by atoms with Crippen molar-refractivity contribution in [3.63, 3.8) is 0 Å². The second-order valence-corrected chi connectivity index (χ2v) is 9.24. The molecule has 0 radical (unpaired) electrons. The van der Waals surface area contributed by atoms with Gasteiger partial charge in [-0.15, -0.1) is 0 Å². The van der Waals surface area contributed by atoms with E-state index in [1.807, 2.05) is 18.2 Å². The highest BCUT2D eigenvalue weighted by molar-refractivity contribution is 6.32. The van der Waals surface area contributed by atoms with Crippen LogP contribution in [0.15, 0.2) is 36.7 Å². The maximum Gasteiger partial charge on any atom is 0.255 e. The minimum Gasteiger partial charge on any atom is -0.493 e. The summed E-state index contributed by atoms with van der Waals surface area (Å²) < 4.78 is 17.2. The molecule has 34 heavy (non-hydrogen) atoms. The van der Waals surface area contributed by atoms with Crippen LogP contribution in [0.2, 0.25) is 5.02 Å². The van der Waals surface area contributed by atoms with E-state index in [0.29, 0.717) is 40.1 Å². The summed E-state index contributed by atoms with van der Waals surface area (Å²) in [6, 6.07) is 7.54. The summed E-state index contributed by atoms with van der Waals surface area (Å²) in [6.45, 7) is 1.22. The molecule has 0 spiro atoms. The van der Waals surface area contributed by atoms with Crippen molar-refractivity contribution in [3.8, 4) is 22.8 Å². The molecule has 1 saturated carbocycles. The third-order valence-electron chi connectivity index (χ3n) is 6.92. The number of amides is 1. The maximum atomic E-state index is 13.2. The largest absolute Gasteiger partial charge is 0.493 e. The molecule has 3 aliphatic rings. The minimum atomic E-state index is -0.0960. The number of nitrogens with one attached hydrogen (secondary N) is 3. The van der Waals surface area contributed by atoms with E-state index in [4.69, 9.17) is 25.8 Å². The topological polar surface area (TPSA) is 97.5 Å². The number of ether oxygens (including phenoxy) is 3. The van der Waals surface area contributed by atoms with Crippen LogP contribution in [0.1, 0.15) is 41.2 Å². The molecular formula is C25H25ClN4O4. The minimum absolute atomic E-state index is 0.0960. The Morgan fingerprint density at radius 2 is 2.15 bits per heavy atom. The third kappa shape index (κ3) is 3.49. The number of aromatic amines is 1. The van der Waals surface area contributed by atoms with Crippen LogP contribution in [0.3, 0.4) is 0 Å². The highest BCUT2D eigenvalue weighted by atomic mass is 35.5. The van der Waals surface area contributed by atoms with Crippen LogP contribution >= 0.6 is 11.6 Å². The second kappa shape index (κ2) is 8.52. The molecule has 9 heteroatoms. The molecule has 6 rings (SSSR count). The first-order valence-electron chi connectivity index (χ1n) is 11.5. The fourth-order valence-electron chi connectivity index (χ4n) is 4.87. The first-order valence-corrected chi connectivity index (χ1v) is 11.9. The molecule has 1 amide bonds. The third-order valence-corrected chi connectivity index (χ3v) is 7.22. The van der Waals surface area contributed by atoms with Gasteiger partial charge in [-0.3, -0.25) is 9.78 Å². The SMILES string of the molecule is COc1c(Cl)cccc1Nc1c(-c2ccncc2OC[C@H]2CCO2)[nH]c2c1C(=O)N[C@@H]1CC[C@H]21. The molecule has 0 unspecified atom stereocenters. The molecule has 4 heterocycles. The first kappa shape index (κ1) is 21.3. The summed E-state index contributed by atoms with van der Waals surface area (Å²) in [5.74, 6) is 1.30. The molecule has 2 fully saturated rings. The smallest absolute Gasteiger partial charge is 0.255 e. The average molecular weight is 481 g/mol. The number of carbonyl (C=O) groups is 1. The fourth-order valence-corrected chi connectivity index (χ4v) is 5.12. The molecule has 1 aliphatic carbocycles. The molecule has 2 aliphatic heterocycles. The van der Waals surface area contributed by atoms with Gasteiger partial charge in [-0.1, -0.05) is 17.7 Å². The van der Waals surface area contributed by atoms with Crippen molar-refractivity contribution in [1.82, 2.24) is 15.3 Å². The lowest BCUT2D eigenvalue weighted by Crippen LogP contribution is -2.49. The van der Waals surface area contributed by atoms with Crippen LogP contribution < -0.4 is 20.1 Å². The standard InChI is InChI=1S/C25H25ClN4O4/c1-32-24-16(26)3-2-4-18(24)28-23-20-21(14-5-6-17(14)29-25(20)31)30-22(23)15-7-9-27-11-19(15)34-12-13-8-10-33-13/h2-4,7,9,11,13-14,17,28,30H,5-6,8,10,12H2,1H3,(H,29,31)/t13-,14+,17-/m1/s1. The Kier molecular flexibility index (Phi) is 5.34. The fraction of sp³-hybridized carbons (Fsp3) is 0.360. The van der Waals surface area contributed by atoms with Gasteiger partial charge in [-0.2, -0.15) is 0 Å². The van der Waals surface area contributed by atoms with E-state index >= 15 is 0 Å². The monoisotopic (exact) mass is 480 g/mol. The predicted molar refractivity (Wildman–Crippen MR) is 128 cm³/mol. The average Bonchev–Trinajstić information content (AvgIpc) is 3.14. The zero-order valence-electron chi connectivity index (χ0n) is 18.7. The number of para-hydroxylation sites is 1. The van der Waals surface area contributed by atoms with E-state index in [1.165, 1.54) is 0 Å². The number of methoxy groups -OCH3 is 1. The number of fused-ring (bicyclic) bond motifs is 3. The molecule has 1 aromatic carbocycles. The molecule has 3 N–H and O–H groups in total. The van der Waals surface area contributed by atoms with Crippen molar-refractivity contribution in [2.24, 2.45) is 0 Å². The number of halogens is 1.